The predicted molar refractivity (Wildman–Crippen MR) is 76.9 cm³/mol. The summed E-state index contributed by atoms with van der Waals surface area (Å²) in [5, 5.41) is 6.00. The van der Waals surface area contributed by atoms with Crippen LogP contribution in [0.1, 0.15) is 19.3 Å². The maximum atomic E-state index is 12.1. The number of carbonyl (C=O) groups is 1. The molecule has 1 aliphatic rings. The number of alkyl halides is 2. The van der Waals surface area contributed by atoms with E-state index in [1.807, 2.05) is 0 Å². The number of ether oxygens (including phenoxy) is 1. The molecule has 2 N–H and O–H groups in total. The summed E-state index contributed by atoms with van der Waals surface area (Å²) in [5.74, 6) is 0.173. The van der Waals surface area contributed by atoms with Gasteiger partial charge in [0, 0.05) is 12.1 Å². The highest BCUT2D eigenvalue weighted by atomic mass is 35.5. The van der Waals surface area contributed by atoms with Crippen molar-refractivity contribution in [2.75, 3.05) is 18.4 Å². The van der Waals surface area contributed by atoms with Gasteiger partial charge in [0.05, 0.1) is 5.02 Å². The van der Waals surface area contributed by atoms with E-state index < -0.39 is 6.61 Å². The third kappa shape index (κ3) is 5.13. The van der Waals surface area contributed by atoms with Crippen LogP contribution >= 0.6 is 11.6 Å². The van der Waals surface area contributed by atoms with E-state index in [-0.39, 0.29) is 16.7 Å². The third-order valence-corrected chi connectivity index (χ3v) is 3.66. The summed E-state index contributed by atoms with van der Waals surface area (Å²) in [6, 6.07) is 4.21. The molecule has 0 bridgehead atoms. The number of anilines is 1. The van der Waals surface area contributed by atoms with E-state index >= 15 is 0 Å². The number of hydrogen-bond donors (Lipinski definition) is 2. The van der Waals surface area contributed by atoms with E-state index in [2.05, 4.69) is 15.4 Å². The van der Waals surface area contributed by atoms with Gasteiger partial charge in [-0.25, -0.2) is 0 Å². The maximum Gasteiger partial charge on any atom is 0.387 e. The fraction of sp³-hybridized carbons (Fsp3) is 0.500. The van der Waals surface area contributed by atoms with E-state index in [9.17, 15) is 13.6 Å². The standard InChI is InChI=1S/C14H17ClF2N2O2/c15-11-8-10(1-2-12(11)21-14(16)17)19-13(20)7-9-3-5-18-6-4-9/h1-2,8-9,14,18H,3-7H2,(H,19,20). The second-order valence-corrected chi connectivity index (χ2v) is 5.38. The van der Waals surface area contributed by atoms with Gasteiger partial charge in [0.25, 0.3) is 0 Å². The molecule has 1 fully saturated rings. The lowest BCUT2D eigenvalue weighted by molar-refractivity contribution is -0.117. The van der Waals surface area contributed by atoms with E-state index in [0.29, 0.717) is 18.0 Å². The first-order valence-corrected chi connectivity index (χ1v) is 7.17. The Kier molecular flexibility index (Phi) is 5.76. The molecule has 0 unspecified atom stereocenters. The first-order chi connectivity index (χ1) is 10.0. The summed E-state index contributed by atoms with van der Waals surface area (Å²) in [7, 11) is 0. The molecular weight excluding hydrogens is 302 g/mol. The molecule has 0 atom stereocenters. The van der Waals surface area contributed by atoms with Crippen LogP contribution in [0.2, 0.25) is 5.02 Å². The van der Waals surface area contributed by atoms with Crippen LogP contribution in [0.25, 0.3) is 0 Å². The van der Waals surface area contributed by atoms with E-state index in [4.69, 9.17) is 11.6 Å². The highest BCUT2D eigenvalue weighted by molar-refractivity contribution is 6.32. The number of rotatable bonds is 5. The van der Waals surface area contributed by atoms with Gasteiger partial charge in [0.1, 0.15) is 5.75 Å². The van der Waals surface area contributed by atoms with Gasteiger partial charge < -0.3 is 15.4 Å². The van der Waals surface area contributed by atoms with Gasteiger partial charge in [-0.2, -0.15) is 8.78 Å². The van der Waals surface area contributed by atoms with Crippen molar-refractivity contribution in [3.8, 4) is 5.75 Å². The zero-order valence-corrected chi connectivity index (χ0v) is 12.1. The van der Waals surface area contributed by atoms with E-state index in [0.717, 1.165) is 25.9 Å². The van der Waals surface area contributed by atoms with Crippen molar-refractivity contribution in [1.29, 1.82) is 0 Å². The Labute approximate surface area is 126 Å². The highest BCUT2D eigenvalue weighted by Gasteiger charge is 2.17. The average Bonchev–Trinajstić information content (AvgIpc) is 2.42. The molecule has 2 rings (SSSR count). The molecular formula is C14H17ClF2N2O2. The zero-order valence-electron chi connectivity index (χ0n) is 11.4. The minimum Gasteiger partial charge on any atom is -0.433 e. The van der Waals surface area contributed by atoms with Crippen LogP contribution in [0, 0.1) is 5.92 Å². The lowest BCUT2D eigenvalue weighted by Crippen LogP contribution is -2.30. The van der Waals surface area contributed by atoms with Crippen molar-refractivity contribution >= 4 is 23.2 Å². The number of nitrogens with one attached hydrogen (secondary N) is 2. The second-order valence-electron chi connectivity index (χ2n) is 4.97. The van der Waals surface area contributed by atoms with Crippen LogP contribution in [-0.2, 0) is 4.79 Å². The van der Waals surface area contributed by atoms with E-state index in [1.165, 1.54) is 18.2 Å². The fourth-order valence-electron chi connectivity index (χ4n) is 2.33. The lowest BCUT2D eigenvalue weighted by atomic mass is 9.94. The minimum atomic E-state index is -2.93. The molecule has 1 aromatic rings. The van der Waals surface area contributed by atoms with Crippen molar-refractivity contribution in [3.05, 3.63) is 23.2 Å². The summed E-state index contributed by atoms with van der Waals surface area (Å²) >= 11 is 5.83. The van der Waals surface area contributed by atoms with Crippen molar-refractivity contribution in [2.24, 2.45) is 5.92 Å². The smallest absolute Gasteiger partial charge is 0.387 e. The summed E-state index contributed by atoms with van der Waals surface area (Å²) in [6.45, 7) is -1.06. The Hall–Kier alpha value is -1.40. The maximum absolute atomic E-state index is 12.1. The number of halogens is 3. The monoisotopic (exact) mass is 318 g/mol. The number of piperidine rings is 1. The quantitative estimate of drug-likeness (QED) is 0.876. The summed E-state index contributed by atoms with van der Waals surface area (Å²) in [6.07, 6.45) is 2.42. The first-order valence-electron chi connectivity index (χ1n) is 6.79. The highest BCUT2D eigenvalue weighted by Crippen LogP contribution is 2.29. The molecule has 116 valence electrons. The Morgan fingerprint density at radius 3 is 2.76 bits per heavy atom. The Morgan fingerprint density at radius 2 is 2.14 bits per heavy atom. The molecule has 4 nitrogen and oxygen atoms in total. The largest absolute Gasteiger partial charge is 0.433 e. The Morgan fingerprint density at radius 1 is 1.43 bits per heavy atom. The predicted octanol–water partition coefficient (Wildman–Crippen LogP) is 3.27. The van der Waals surface area contributed by atoms with Gasteiger partial charge in [-0.05, 0) is 50.0 Å². The van der Waals surface area contributed by atoms with Gasteiger partial charge in [-0.3, -0.25) is 4.79 Å². The van der Waals surface area contributed by atoms with Gasteiger partial charge >= 0.3 is 6.61 Å². The van der Waals surface area contributed by atoms with Crippen LogP contribution in [0.15, 0.2) is 18.2 Å². The minimum absolute atomic E-state index is 0.0370. The van der Waals surface area contributed by atoms with Gasteiger partial charge in [0.2, 0.25) is 5.91 Å². The summed E-state index contributed by atoms with van der Waals surface area (Å²) < 4.78 is 28.5. The fourth-order valence-corrected chi connectivity index (χ4v) is 2.56. The number of amides is 1. The Balaban J connectivity index is 1.89. The number of benzene rings is 1. The molecule has 0 radical (unpaired) electrons. The molecule has 1 saturated heterocycles. The first kappa shape index (κ1) is 16.0. The molecule has 7 heteroatoms. The molecule has 1 aliphatic heterocycles. The molecule has 0 spiro atoms. The topological polar surface area (TPSA) is 50.4 Å². The number of carbonyl (C=O) groups excluding carboxylic acids is 1. The van der Waals surface area contributed by atoms with Crippen LogP contribution in [0.4, 0.5) is 14.5 Å². The lowest BCUT2D eigenvalue weighted by Gasteiger charge is -2.22. The zero-order chi connectivity index (χ0) is 15.2. The van der Waals surface area contributed by atoms with Crippen molar-refractivity contribution < 1.29 is 18.3 Å². The number of hydrogen-bond acceptors (Lipinski definition) is 3. The van der Waals surface area contributed by atoms with Gasteiger partial charge in [0.15, 0.2) is 0 Å². The van der Waals surface area contributed by atoms with Crippen LogP contribution < -0.4 is 15.4 Å². The van der Waals surface area contributed by atoms with Gasteiger partial charge in [-0.15, -0.1) is 0 Å². The Bertz CT molecular complexity index is 494. The van der Waals surface area contributed by atoms with Crippen molar-refractivity contribution in [2.45, 2.75) is 25.9 Å². The molecule has 1 aromatic carbocycles. The van der Waals surface area contributed by atoms with Crippen LogP contribution in [-0.4, -0.2) is 25.6 Å². The molecule has 1 heterocycles. The third-order valence-electron chi connectivity index (χ3n) is 3.36. The van der Waals surface area contributed by atoms with Crippen molar-refractivity contribution in [3.63, 3.8) is 0 Å². The second kappa shape index (κ2) is 7.56. The normalized spacial score (nSPS) is 16.0. The molecule has 0 aliphatic carbocycles. The average molecular weight is 319 g/mol. The SMILES string of the molecule is O=C(CC1CCNCC1)Nc1ccc(OC(F)F)c(Cl)c1. The van der Waals surface area contributed by atoms with Crippen LogP contribution in [0.5, 0.6) is 5.75 Å². The van der Waals surface area contributed by atoms with Crippen LogP contribution in [0.3, 0.4) is 0 Å². The molecule has 21 heavy (non-hydrogen) atoms. The van der Waals surface area contributed by atoms with Crippen molar-refractivity contribution in [1.82, 2.24) is 5.32 Å². The summed E-state index contributed by atoms with van der Waals surface area (Å²) in [5.41, 5.74) is 0.473. The van der Waals surface area contributed by atoms with Gasteiger partial charge in [-0.1, -0.05) is 11.6 Å². The molecule has 1 amide bonds. The summed E-state index contributed by atoms with van der Waals surface area (Å²) in [4.78, 5) is 11.9. The molecule has 0 aromatic heterocycles. The molecule has 0 saturated carbocycles. The van der Waals surface area contributed by atoms with E-state index in [1.54, 1.807) is 0 Å².